The van der Waals surface area contributed by atoms with Crippen molar-refractivity contribution in [1.82, 2.24) is 4.98 Å². The molecule has 1 aliphatic rings. The van der Waals surface area contributed by atoms with Gasteiger partial charge in [0.1, 0.15) is 0 Å². The van der Waals surface area contributed by atoms with E-state index in [1.54, 1.807) is 11.1 Å². The van der Waals surface area contributed by atoms with Crippen molar-refractivity contribution >= 4 is 28.1 Å². The Kier molecular flexibility index (Phi) is 4.58. The van der Waals surface area contributed by atoms with Crippen LogP contribution in [0, 0.1) is 0 Å². The highest BCUT2D eigenvalue weighted by Gasteiger charge is 2.30. The topological polar surface area (TPSA) is 71.6 Å². The number of aliphatic imine (C=N–C) groups is 1. The lowest BCUT2D eigenvalue weighted by Crippen LogP contribution is -2.42. The fraction of sp³-hybridized carbons (Fsp3) is 0.0800. The highest BCUT2D eigenvalue weighted by Crippen LogP contribution is 2.30. The maximum atomic E-state index is 13.3. The molecular weight excluding hydrogens is 372 g/mol. The first kappa shape index (κ1) is 18.2. The number of hydrogen-bond donors (Lipinski definition) is 1. The largest absolute Gasteiger partial charge is 0.303 e. The Labute approximate surface area is 174 Å². The van der Waals surface area contributed by atoms with Crippen molar-refractivity contribution in [3.63, 3.8) is 0 Å². The van der Waals surface area contributed by atoms with Crippen LogP contribution < -0.4 is 10.6 Å². The van der Waals surface area contributed by atoms with Crippen molar-refractivity contribution in [1.29, 1.82) is 0 Å². The molecule has 1 aliphatic heterocycles. The van der Waals surface area contributed by atoms with Crippen molar-refractivity contribution in [3.8, 4) is 0 Å². The summed E-state index contributed by atoms with van der Waals surface area (Å²) >= 11 is 0. The van der Waals surface area contributed by atoms with Crippen molar-refractivity contribution in [2.75, 3.05) is 4.90 Å². The summed E-state index contributed by atoms with van der Waals surface area (Å²) in [5.41, 5.74) is 10.4. The molecular formula is C25H20N4O. The standard InChI is InChI=1S/C25H20N4O/c26-24-25(30)29(16-21-19-11-5-4-8-17(19)14-15-27-21)22-13-7-6-12-20(22)23(28-24)18-9-2-1-3-10-18/h1-15,24H,16,26H2. The van der Waals surface area contributed by atoms with Crippen molar-refractivity contribution in [2.24, 2.45) is 10.7 Å². The fourth-order valence-electron chi connectivity index (χ4n) is 3.90. The van der Waals surface area contributed by atoms with E-state index in [0.29, 0.717) is 6.54 Å². The summed E-state index contributed by atoms with van der Waals surface area (Å²) in [5.74, 6) is -0.247. The van der Waals surface area contributed by atoms with E-state index in [1.165, 1.54) is 0 Å². The van der Waals surface area contributed by atoms with Crippen LogP contribution in [0.4, 0.5) is 5.69 Å². The molecule has 1 atom stereocenters. The number of fused-ring (bicyclic) bond motifs is 2. The molecule has 1 amide bonds. The van der Waals surface area contributed by atoms with Gasteiger partial charge in [-0.05, 0) is 17.5 Å². The van der Waals surface area contributed by atoms with Crippen LogP contribution in [0.2, 0.25) is 0 Å². The number of hydrogen-bond acceptors (Lipinski definition) is 4. The zero-order chi connectivity index (χ0) is 20.5. The molecule has 0 radical (unpaired) electrons. The molecule has 5 heteroatoms. The molecule has 2 N–H and O–H groups in total. The van der Waals surface area contributed by atoms with E-state index in [9.17, 15) is 4.79 Å². The SMILES string of the molecule is NC1N=C(c2ccccc2)c2ccccc2N(Cc2nccc3ccccc23)C1=O. The summed E-state index contributed by atoms with van der Waals surface area (Å²) in [6.45, 7) is 0.322. The third kappa shape index (κ3) is 3.15. The lowest BCUT2D eigenvalue weighted by Gasteiger charge is -2.24. The maximum absolute atomic E-state index is 13.3. The zero-order valence-corrected chi connectivity index (χ0v) is 16.3. The molecule has 1 aromatic heterocycles. The number of pyridine rings is 1. The van der Waals surface area contributed by atoms with Crippen LogP contribution in [0.1, 0.15) is 16.8 Å². The minimum atomic E-state index is -0.984. The first-order chi connectivity index (χ1) is 14.7. The summed E-state index contributed by atoms with van der Waals surface area (Å²) in [6, 6.07) is 27.6. The predicted octanol–water partition coefficient (Wildman–Crippen LogP) is 3.90. The number of para-hydroxylation sites is 1. The Balaban J connectivity index is 1.65. The number of carbonyl (C=O) groups is 1. The molecule has 30 heavy (non-hydrogen) atoms. The number of rotatable bonds is 3. The van der Waals surface area contributed by atoms with Crippen LogP contribution in [-0.2, 0) is 11.3 Å². The van der Waals surface area contributed by atoms with E-state index in [2.05, 4.69) is 9.98 Å². The van der Waals surface area contributed by atoms with Gasteiger partial charge in [-0.15, -0.1) is 0 Å². The van der Waals surface area contributed by atoms with Gasteiger partial charge in [-0.3, -0.25) is 14.8 Å². The minimum absolute atomic E-state index is 0.247. The van der Waals surface area contributed by atoms with Crippen LogP contribution in [0.15, 0.2) is 96.1 Å². The van der Waals surface area contributed by atoms with Gasteiger partial charge in [0.2, 0.25) is 0 Å². The van der Waals surface area contributed by atoms with E-state index in [4.69, 9.17) is 5.73 Å². The zero-order valence-electron chi connectivity index (χ0n) is 16.3. The lowest BCUT2D eigenvalue weighted by atomic mass is 10.00. The van der Waals surface area contributed by atoms with E-state index in [0.717, 1.165) is 39.0 Å². The third-order valence-corrected chi connectivity index (χ3v) is 5.35. The highest BCUT2D eigenvalue weighted by atomic mass is 16.2. The number of amides is 1. The third-order valence-electron chi connectivity index (χ3n) is 5.35. The van der Waals surface area contributed by atoms with Crippen LogP contribution in [0.3, 0.4) is 0 Å². The van der Waals surface area contributed by atoms with Crippen molar-refractivity contribution < 1.29 is 4.79 Å². The average Bonchev–Trinajstić information content (AvgIpc) is 2.90. The number of nitrogens with zero attached hydrogens (tertiary/aromatic N) is 3. The molecule has 146 valence electrons. The Morgan fingerprint density at radius 3 is 2.47 bits per heavy atom. The molecule has 5 nitrogen and oxygen atoms in total. The van der Waals surface area contributed by atoms with Gasteiger partial charge < -0.3 is 10.6 Å². The van der Waals surface area contributed by atoms with Gasteiger partial charge in [0.05, 0.1) is 23.6 Å². The fourth-order valence-corrected chi connectivity index (χ4v) is 3.90. The molecule has 2 heterocycles. The molecule has 5 rings (SSSR count). The Morgan fingerprint density at radius 1 is 0.867 bits per heavy atom. The Hall–Kier alpha value is -3.83. The molecule has 0 spiro atoms. The number of benzene rings is 3. The summed E-state index contributed by atoms with van der Waals surface area (Å²) in [7, 11) is 0. The average molecular weight is 392 g/mol. The van der Waals surface area contributed by atoms with Crippen LogP contribution in [-0.4, -0.2) is 22.8 Å². The van der Waals surface area contributed by atoms with Crippen LogP contribution >= 0.6 is 0 Å². The van der Waals surface area contributed by atoms with Gasteiger partial charge in [-0.2, -0.15) is 0 Å². The molecule has 0 fully saturated rings. The minimum Gasteiger partial charge on any atom is -0.303 e. The monoisotopic (exact) mass is 392 g/mol. The van der Waals surface area contributed by atoms with Gasteiger partial charge >= 0.3 is 0 Å². The number of carbonyl (C=O) groups excluding carboxylic acids is 1. The smallest absolute Gasteiger partial charge is 0.266 e. The second kappa shape index (κ2) is 7.54. The van der Waals surface area contributed by atoms with Crippen molar-refractivity contribution in [2.45, 2.75) is 12.7 Å². The lowest BCUT2D eigenvalue weighted by molar-refractivity contribution is -0.119. The number of benzodiazepines with no additional fused rings is 1. The summed E-state index contributed by atoms with van der Waals surface area (Å²) in [5, 5.41) is 2.11. The highest BCUT2D eigenvalue weighted by molar-refractivity contribution is 6.20. The Morgan fingerprint density at radius 2 is 1.60 bits per heavy atom. The van der Waals surface area contributed by atoms with E-state index < -0.39 is 6.17 Å². The summed E-state index contributed by atoms with van der Waals surface area (Å²) < 4.78 is 0. The number of anilines is 1. The summed E-state index contributed by atoms with van der Waals surface area (Å²) in [6.07, 6.45) is 0.792. The number of aromatic nitrogens is 1. The molecule has 0 bridgehead atoms. The van der Waals surface area contributed by atoms with E-state index >= 15 is 0 Å². The quantitative estimate of drug-likeness (QED) is 0.575. The molecule has 0 aliphatic carbocycles. The number of nitrogens with two attached hydrogens (primary N) is 1. The molecule has 4 aromatic rings. The molecule has 1 unspecified atom stereocenters. The van der Waals surface area contributed by atoms with E-state index in [-0.39, 0.29) is 5.91 Å². The van der Waals surface area contributed by atoms with E-state index in [1.807, 2.05) is 84.9 Å². The van der Waals surface area contributed by atoms with Gasteiger partial charge in [0, 0.05) is 22.7 Å². The van der Waals surface area contributed by atoms with Crippen LogP contribution in [0.5, 0.6) is 0 Å². The molecule has 0 saturated carbocycles. The summed E-state index contributed by atoms with van der Waals surface area (Å²) in [4.78, 5) is 24.2. The predicted molar refractivity (Wildman–Crippen MR) is 119 cm³/mol. The second-order valence-electron chi connectivity index (χ2n) is 7.21. The normalized spacial score (nSPS) is 16.2. The first-order valence-electron chi connectivity index (χ1n) is 9.84. The maximum Gasteiger partial charge on any atom is 0.266 e. The first-order valence-corrected chi connectivity index (χ1v) is 9.84. The molecule has 0 saturated heterocycles. The second-order valence-corrected chi connectivity index (χ2v) is 7.21. The van der Waals surface area contributed by atoms with Gasteiger partial charge in [-0.1, -0.05) is 72.8 Å². The van der Waals surface area contributed by atoms with Gasteiger partial charge in [0.25, 0.3) is 5.91 Å². The van der Waals surface area contributed by atoms with Gasteiger partial charge in [0.15, 0.2) is 6.17 Å². The Bertz CT molecular complexity index is 1260. The van der Waals surface area contributed by atoms with Crippen molar-refractivity contribution in [3.05, 3.63) is 108 Å². The van der Waals surface area contributed by atoms with Gasteiger partial charge in [-0.25, -0.2) is 0 Å². The van der Waals surface area contributed by atoms with Crippen LogP contribution in [0.25, 0.3) is 10.8 Å². The molecule has 3 aromatic carbocycles.